The van der Waals surface area contributed by atoms with Crippen molar-refractivity contribution in [3.8, 4) is 33.4 Å². The Labute approximate surface area is 227 Å². The molecule has 40 heavy (non-hydrogen) atoms. The number of rotatable bonds is 3. The summed E-state index contributed by atoms with van der Waals surface area (Å²) in [7, 11) is 0. The van der Waals surface area contributed by atoms with E-state index in [9.17, 15) is 0 Å². The van der Waals surface area contributed by atoms with E-state index in [2.05, 4.69) is 0 Å². The van der Waals surface area contributed by atoms with E-state index in [1.165, 1.54) is 12.1 Å². The fourth-order valence-corrected chi connectivity index (χ4v) is 5.76. The van der Waals surface area contributed by atoms with Crippen molar-refractivity contribution in [1.29, 1.82) is 0 Å². The van der Waals surface area contributed by atoms with Gasteiger partial charge in [0.05, 0.1) is 11.1 Å². The Balaban J connectivity index is 1.48. The third-order valence-corrected chi connectivity index (χ3v) is 7.60. The molecule has 4 heteroatoms. The Morgan fingerprint density at radius 3 is 1.15 bits per heavy atom. The Bertz CT molecular complexity index is 2070. The Morgan fingerprint density at radius 2 is 0.600 bits per heavy atom. The van der Waals surface area contributed by atoms with Gasteiger partial charge in [0.15, 0.2) is 23.3 Å². The third kappa shape index (κ3) is 3.60. The maximum atomic E-state index is 15.9. The number of fused-ring (bicyclic) bond motifs is 3. The van der Waals surface area contributed by atoms with Gasteiger partial charge in [-0.3, -0.25) is 0 Å². The minimum Gasteiger partial charge on any atom is -0.203 e. The predicted octanol–water partition coefficient (Wildman–Crippen LogP) is 10.7. The quantitative estimate of drug-likeness (QED) is 0.158. The lowest BCUT2D eigenvalue weighted by atomic mass is 9.88. The van der Waals surface area contributed by atoms with Crippen molar-refractivity contribution in [2.75, 3.05) is 0 Å². The lowest BCUT2D eigenvalue weighted by Gasteiger charge is -2.17. The third-order valence-electron chi connectivity index (χ3n) is 7.60. The van der Waals surface area contributed by atoms with Crippen LogP contribution in [0.1, 0.15) is 0 Å². The lowest BCUT2D eigenvalue weighted by molar-refractivity contribution is 0.463. The molecule has 0 aliphatic carbocycles. The number of benzene rings is 7. The first-order chi connectivity index (χ1) is 19.5. The minimum atomic E-state index is -1.43. The van der Waals surface area contributed by atoms with Crippen LogP contribution in [-0.4, -0.2) is 0 Å². The van der Waals surface area contributed by atoms with Crippen molar-refractivity contribution in [3.63, 3.8) is 0 Å². The van der Waals surface area contributed by atoms with Gasteiger partial charge in [0.1, 0.15) is 0 Å². The highest BCUT2D eigenvalue weighted by Gasteiger charge is 2.29. The van der Waals surface area contributed by atoms with Crippen LogP contribution in [0.15, 0.2) is 121 Å². The highest BCUT2D eigenvalue weighted by molar-refractivity contribution is 6.10. The van der Waals surface area contributed by atoms with E-state index in [0.717, 1.165) is 21.9 Å². The van der Waals surface area contributed by atoms with Crippen molar-refractivity contribution in [1.82, 2.24) is 0 Å². The second kappa shape index (κ2) is 9.35. The molecule has 0 nitrogen and oxygen atoms in total. The molecule has 7 aromatic carbocycles. The van der Waals surface area contributed by atoms with Gasteiger partial charge >= 0.3 is 0 Å². The molecule has 0 atom stereocenters. The smallest absolute Gasteiger partial charge is 0.170 e. The first-order valence-electron chi connectivity index (χ1n) is 12.9. The van der Waals surface area contributed by atoms with Crippen molar-refractivity contribution in [3.05, 3.63) is 145 Å². The SMILES string of the molecule is Fc1c(F)c(-c2ccc(-c3cccc4ccccc34)c3ccccc23)c(F)c(F)c1-c1cccc2ccccc12. The van der Waals surface area contributed by atoms with Gasteiger partial charge in [-0.25, -0.2) is 17.6 Å². The molecule has 0 fully saturated rings. The molecule has 0 saturated heterocycles. The first kappa shape index (κ1) is 24.1. The highest BCUT2D eigenvalue weighted by Crippen LogP contribution is 2.43. The minimum absolute atomic E-state index is 0.0804. The average molecular weight is 529 g/mol. The van der Waals surface area contributed by atoms with Gasteiger partial charge in [0.2, 0.25) is 0 Å². The summed E-state index contributed by atoms with van der Waals surface area (Å²) < 4.78 is 63.2. The van der Waals surface area contributed by atoms with Gasteiger partial charge in [-0.05, 0) is 54.6 Å². The van der Waals surface area contributed by atoms with Crippen LogP contribution in [0.5, 0.6) is 0 Å². The molecule has 7 aromatic rings. The van der Waals surface area contributed by atoms with Gasteiger partial charge in [-0.1, -0.05) is 121 Å². The predicted molar refractivity (Wildman–Crippen MR) is 155 cm³/mol. The molecule has 0 aromatic heterocycles. The zero-order valence-corrected chi connectivity index (χ0v) is 21.1. The first-order valence-corrected chi connectivity index (χ1v) is 12.9. The molecule has 0 saturated carbocycles. The van der Waals surface area contributed by atoms with Crippen LogP contribution in [0, 0.1) is 23.3 Å². The van der Waals surface area contributed by atoms with Gasteiger partial charge in [0, 0.05) is 0 Å². The monoisotopic (exact) mass is 528 g/mol. The molecule has 0 bridgehead atoms. The van der Waals surface area contributed by atoms with Crippen LogP contribution >= 0.6 is 0 Å². The summed E-state index contributed by atoms with van der Waals surface area (Å²) in [5.41, 5.74) is 0.535. The molecular formula is C36H20F4. The molecule has 0 N–H and O–H groups in total. The summed E-state index contributed by atoms with van der Waals surface area (Å²) in [5.74, 6) is -5.70. The Morgan fingerprint density at radius 1 is 0.275 bits per heavy atom. The van der Waals surface area contributed by atoms with Crippen LogP contribution in [0.25, 0.3) is 65.7 Å². The van der Waals surface area contributed by atoms with Crippen LogP contribution in [0.4, 0.5) is 17.6 Å². The van der Waals surface area contributed by atoms with E-state index in [1.807, 2.05) is 54.6 Å². The average Bonchev–Trinajstić information content (AvgIpc) is 3.00. The summed E-state index contributed by atoms with van der Waals surface area (Å²) in [4.78, 5) is 0. The van der Waals surface area contributed by atoms with E-state index in [0.29, 0.717) is 21.5 Å². The molecule has 0 amide bonds. The topological polar surface area (TPSA) is 0 Å². The normalized spacial score (nSPS) is 11.5. The summed E-state index contributed by atoms with van der Waals surface area (Å²) in [6.07, 6.45) is 0. The van der Waals surface area contributed by atoms with E-state index >= 15 is 17.6 Å². The van der Waals surface area contributed by atoms with Crippen molar-refractivity contribution in [2.24, 2.45) is 0 Å². The van der Waals surface area contributed by atoms with Gasteiger partial charge in [-0.2, -0.15) is 0 Å². The Hall–Kier alpha value is -4.96. The summed E-state index contributed by atoms with van der Waals surface area (Å²) in [5, 5.41) is 4.49. The zero-order chi connectivity index (χ0) is 27.4. The van der Waals surface area contributed by atoms with Crippen LogP contribution < -0.4 is 0 Å². The molecule has 192 valence electrons. The molecule has 0 unspecified atom stereocenters. The maximum absolute atomic E-state index is 15.9. The fraction of sp³-hybridized carbons (Fsp3) is 0. The van der Waals surface area contributed by atoms with E-state index in [4.69, 9.17) is 0 Å². The van der Waals surface area contributed by atoms with Crippen LogP contribution in [0.3, 0.4) is 0 Å². The van der Waals surface area contributed by atoms with E-state index < -0.39 is 34.4 Å². The van der Waals surface area contributed by atoms with Gasteiger partial charge < -0.3 is 0 Å². The summed E-state index contributed by atoms with van der Waals surface area (Å²) >= 11 is 0. The van der Waals surface area contributed by atoms with Gasteiger partial charge in [0.25, 0.3) is 0 Å². The fourth-order valence-electron chi connectivity index (χ4n) is 5.76. The molecule has 0 aliphatic rings. The molecule has 0 aliphatic heterocycles. The van der Waals surface area contributed by atoms with Crippen LogP contribution in [-0.2, 0) is 0 Å². The highest BCUT2D eigenvalue weighted by atomic mass is 19.2. The van der Waals surface area contributed by atoms with Crippen molar-refractivity contribution in [2.45, 2.75) is 0 Å². The molecular weight excluding hydrogens is 508 g/mol. The molecule has 0 spiro atoms. The van der Waals surface area contributed by atoms with E-state index in [1.54, 1.807) is 54.6 Å². The Kier molecular flexibility index (Phi) is 5.64. The van der Waals surface area contributed by atoms with E-state index in [-0.39, 0.29) is 11.1 Å². The summed E-state index contributed by atoms with van der Waals surface area (Å²) in [6, 6.07) is 36.2. The lowest BCUT2D eigenvalue weighted by Crippen LogP contribution is -2.04. The number of hydrogen-bond acceptors (Lipinski definition) is 0. The van der Waals surface area contributed by atoms with Crippen molar-refractivity contribution < 1.29 is 17.6 Å². The molecule has 7 rings (SSSR count). The summed E-state index contributed by atoms with van der Waals surface area (Å²) in [6.45, 7) is 0. The standard InChI is InChI=1S/C36H20F4/c37-33-31(29-18-8-12-22-10-2-4-14-24(22)29)34(38)36(40)32(35(33)39)30-20-19-28(26-15-5-6-16-27(26)30)25-17-7-11-21-9-1-3-13-23(21)25/h1-20H. The largest absolute Gasteiger partial charge is 0.203 e. The van der Waals surface area contributed by atoms with Gasteiger partial charge in [-0.15, -0.1) is 0 Å². The molecule has 0 heterocycles. The van der Waals surface area contributed by atoms with Crippen LogP contribution in [0.2, 0.25) is 0 Å². The zero-order valence-electron chi connectivity index (χ0n) is 21.1. The second-order valence-corrected chi connectivity index (χ2v) is 9.77. The number of halogens is 4. The second-order valence-electron chi connectivity index (χ2n) is 9.77. The maximum Gasteiger partial charge on any atom is 0.170 e. The molecule has 0 radical (unpaired) electrons. The van der Waals surface area contributed by atoms with Crippen molar-refractivity contribution >= 4 is 32.3 Å². The number of hydrogen-bond donors (Lipinski definition) is 0.